The first-order chi connectivity index (χ1) is 15.9. The molecular formula is C24H28F3N3O4. The van der Waals surface area contributed by atoms with Crippen molar-refractivity contribution in [1.82, 2.24) is 9.47 Å². The van der Waals surface area contributed by atoms with Crippen LogP contribution in [0.2, 0.25) is 0 Å². The van der Waals surface area contributed by atoms with Crippen LogP contribution in [-0.4, -0.2) is 51.0 Å². The minimum absolute atomic E-state index is 0.0956. The molecule has 184 valence electrons. The summed E-state index contributed by atoms with van der Waals surface area (Å²) in [5, 5.41) is 40.2. The molecule has 0 aliphatic carbocycles. The number of aliphatic hydroxyl groups is 1. The SMILES string of the molecule is CC12CN(CCCCCCO)CC(C)(O1)c1c2c(O)n(-c2ccc(C#N)c(C(F)(F)F)c2)c1O. The molecule has 2 aliphatic rings. The largest absolute Gasteiger partial charge is 0.494 e. The molecule has 0 spiro atoms. The summed E-state index contributed by atoms with van der Waals surface area (Å²) in [5.74, 6) is -0.747. The highest BCUT2D eigenvalue weighted by molar-refractivity contribution is 5.61. The number of alkyl halides is 3. The number of ether oxygens (including phenoxy) is 1. The molecule has 4 rings (SSSR count). The second-order valence-corrected chi connectivity index (χ2v) is 9.48. The molecule has 0 radical (unpaired) electrons. The third-order valence-corrected chi connectivity index (χ3v) is 6.75. The number of rotatable bonds is 7. The molecule has 2 bridgehead atoms. The fraction of sp³-hybridized carbons (Fsp3) is 0.542. The number of aromatic hydroxyl groups is 2. The Kier molecular flexibility index (Phi) is 6.09. The molecule has 7 nitrogen and oxygen atoms in total. The molecule has 1 fully saturated rings. The van der Waals surface area contributed by atoms with Crippen LogP contribution in [0.5, 0.6) is 11.8 Å². The van der Waals surface area contributed by atoms with Crippen LogP contribution in [0.15, 0.2) is 18.2 Å². The standard InChI is InChI=1S/C24H28F3N3O4/c1-22-13-29(9-5-3-4-6-10-31)14-23(2,34-22)19-18(22)20(32)30(21(19)33)16-8-7-15(12-28)17(11-16)24(25,26)27/h7-8,11,31-33H,3-6,9-10,13-14H2,1-2H3. The average molecular weight is 479 g/mol. The van der Waals surface area contributed by atoms with Gasteiger partial charge in [-0.1, -0.05) is 12.8 Å². The molecule has 2 unspecified atom stereocenters. The van der Waals surface area contributed by atoms with Gasteiger partial charge in [0.25, 0.3) is 0 Å². The van der Waals surface area contributed by atoms with Gasteiger partial charge in [-0.2, -0.15) is 18.4 Å². The minimum Gasteiger partial charge on any atom is -0.494 e. The molecule has 2 aliphatic heterocycles. The predicted octanol–water partition coefficient (Wildman–Crippen LogP) is 4.11. The average Bonchev–Trinajstić information content (AvgIpc) is 3.12. The van der Waals surface area contributed by atoms with Crippen molar-refractivity contribution in [2.75, 3.05) is 26.2 Å². The molecule has 3 heterocycles. The number of hydrogen-bond acceptors (Lipinski definition) is 6. The monoisotopic (exact) mass is 479 g/mol. The lowest BCUT2D eigenvalue weighted by molar-refractivity contribution is -0.186. The van der Waals surface area contributed by atoms with E-state index >= 15 is 0 Å². The Hall–Kier alpha value is -2.74. The topological polar surface area (TPSA) is 102 Å². The van der Waals surface area contributed by atoms with Gasteiger partial charge >= 0.3 is 6.18 Å². The molecule has 10 heteroatoms. The first-order valence-electron chi connectivity index (χ1n) is 11.3. The number of aliphatic hydroxyl groups excluding tert-OH is 1. The minimum atomic E-state index is -4.77. The Balaban J connectivity index is 1.70. The van der Waals surface area contributed by atoms with E-state index in [2.05, 4.69) is 4.90 Å². The Morgan fingerprint density at radius 3 is 2.15 bits per heavy atom. The Labute approximate surface area is 195 Å². The number of nitrogens with zero attached hydrogens (tertiary/aromatic N) is 3. The molecule has 3 N–H and O–H groups in total. The summed E-state index contributed by atoms with van der Waals surface area (Å²) in [4.78, 5) is 2.20. The summed E-state index contributed by atoms with van der Waals surface area (Å²) in [6.45, 7) is 5.48. The molecule has 2 aromatic rings. The Bertz CT molecular complexity index is 1100. The number of halogens is 3. The zero-order chi connectivity index (χ0) is 24.9. The molecular weight excluding hydrogens is 451 g/mol. The van der Waals surface area contributed by atoms with Gasteiger partial charge in [-0.3, -0.25) is 9.47 Å². The first-order valence-corrected chi connectivity index (χ1v) is 11.3. The molecule has 0 amide bonds. The van der Waals surface area contributed by atoms with Crippen molar-refractivity contribution in [2.45, 2.75) is 56.9 Å². The number of fused-ring (bicyclic) bond motifs is 5. The van der Waals surface area contributed by atoms with Crippen molar-refractivity contribution < 1.29 is 33.2 Å². The van der Waals surface area contributed by atoms with Crippen molar-refractivity contribution in [3.05, 3.63) is 40.5 Å². The number of morpholine rings is 1. The van der Waals surface area contributed by atoms with Crippen LogP contribution in [-0.2, 0) is 22.1 Å². The second-order valence-electron chi connectivity index (χ2n) is 9.48. The first kappa shape index (κ1) is 24.4. The highest BCUT2D eigenvalue weighted by atomic mass is 19.4. The van der Waals surface area contributed by atoms with Crippen molar-refractivity contribution >= 4 is 0 Å². The van der Waals surface area contributed by atoms with E-state index in [-0.39, 0.29) is 24.1 Å². The van der Waals surface area contributed by atoms with Crippen molar-refractivity contribution in [1.29, 1.82) is 5.26 Å². The molecule has 1 saturated heterocycles. The van der Waals surface area contributed by atoms with Crippen LogP contribution in [0.3, 0.4) is 0 Å². The second kappa shape index (κ2) is 8.48. The van der Waals surface area contributed by atoms with Gasteiger partial charge in [-0.15, -0.1) is 0 Å². The van der Waals surface area contributed by atoms with Gasteiger partial charge in [0.1, 0.15) is 11.2 Å². The third kappa shape index (κ3) is 3.91. The molecule has 1 aromatic heterocycles. The lowest BCUT2D eigenvalue weighted by Gasteiger charge is -2.44. The van der Waals surface area contributed by atoms with E-state index in [9.17, 15) is 23.4 Å². The van der Waals surface area contributed by atoms with E-state index in [1.54, 1.807) is 13.8 Å². The van der Waals surface area contributed by atoms with Crippen LogP contribution in [0, 0.1) is 11.3 Å². The van der Waals surface area contributed by atoms with Crippen molar-refractivity contribution in [2.24, 2.45) is 0 Å². The van der Waals surface area contributed by atoms with Crippen LogP contribution < -0.4 is 0 Å². The van der Waals surface area contributed by atoms with Gasteiger partial charge in [-0.25, -0.2) is 0 Å². The van der Waals surface area contributed by atoms with E-state index in [0.29, 0.717) is 24.2 Å². The number of aromatic nitrogens is 1. The van der Waals surface area contributed by atoms with Gasteiger partial charge in [0.05, 0.1) is 34.0 Å². The van der Waals surface area contributed by atoms with Gasteiger partial charge in [0.2, 0.25) is 11.8 Å². The van der Waals surface area contributed by atoms with Crippen LogP contribution in [0.1, 0.15) is 61.8 Å². The Morgan fingerprint density at radius 1 is 1.03 bits per heavy atom. The quantitative estimate of drug-likeness (QED) is 0.517. The summed E-state index contributed by atoms with van der Waals surface area (Å²) in [5.41, 5.74) is -2.95. The normalized spacial score (nSPS) is 24.3. The number of nitriles is 1. The van der Waals surface area contributed by atoms with E-state index < -0.39 is 28.5 Å². The van der Waals surface area contributed by atoms with Crippen LogP contribution in [0.25, 0.3) is 5.69 Å². The maximum absolute atomic E-state index is 13.5. The highest BCUT2D eigenvalue weighted by Gasteiger charge is 2.58. The van der Waals surface area contributed by atoms with Gasteiger partial charge in [-0.05, 0) is 51.4 Å². The molecule has 2 atom stereocenters. The van der Waals surface area contributed by atoms with Crippen LogP contribution in [0.4, 0.5) is 13.2 Å². The Morgan fingerprint density at radius 2 is 1.62 bits per heavy atom. The number of hydrogen-bond donors (Lipinski definition) is 3. The van der Waals surface area contributed by atoms with Crippen LogP contribution >= 0.6 is 0 Å². The lowest BCUT2D eigenvalue weighted by Crippen LogP contribution is -2.51. The number of unbranched alkanes of at least 4 members (excludes halogenated alkanes) is 3. The fourth-order valence-corrected chi connectivity index (χ4v) is 5.49. The van der Waals surface area contributed by atoms with Gasteiger partial charge < -0.3 is 20.1 Å². The maximum Gasteiger partial charge on any atom is 0.417 e. The highest BCUT2D eigenvalue weighted by Crippen LogP contribution is 2.59. The summed E-state index contributed by atoms with van der Waals surface area (Å²) < 4.78 is 47.8. The molecule has 34 heavy (non-hydrogen) atoms. The van der Waals surface area contributed by atoms with E-state index in [0.717, 1.165) is 48.9 Å². The zero-order valence-corrected chi connectivity index (χ0v) is 19.1. The third-order valence-electron chi connectivity index (χ3n) is 6.75. The zero-order valence-electron chi connectivity index (χ0n) is 19.1. The summed E-state index contributed by atoms with van der Waals surface area (Å²) in [6.07, 6.45) is -1.16. The number of benzene rings is 1. The van der Waals surface area contributed by atoms with E-state index in [4.69, 9.17) is 15.1 Å². The van der Waals surface area contributed by atoms with E-state index in [1.807, 2.05) is 0 Å². The van der Waals surface area contributed by atoms with Gasteiger partial charge in [0, 0.05) is 19.7 Å². The lowest BCUT2D eigenvalue weighted by atomic mass is 9.94. The molecule has 1 aromatic carbocycles. The maximum atomic E-state index is 13.5. The summed E-state index contributed by atoms with van der Waals surface area (Å²) in [6, 6.07) is 4.59. The smallest absolute Gasteiger partial charge is 0.417 e. The summed E-state index contributed by atoms with van der Waals surface area (Å²) in [7, 11) is 0. The molecule has 0 saturated carbocycles. The fourth-order valence-electron chi connectivity index (χ4n) is 5.49. The summed E-state index contributed by atoms with van der Waals surface area (Å²) >= 11 is 0. The van der Waals surface area contributed by atoms with Crippen molar-refractivity contribution in [3.63, 3.8) is 0 Å². The van der Waals surface area contributed by atoms with E-state index in [1.165, 1.54) is 12.1 Å². The predicted molar refractivity (Wildman–Crippen MR) is 117 cm³/mol. The van der Waals surface area contributed by atoms with Crippen molar-refractivity contribution in [3.8, 4) is 23.5 Å². The van der Waals surface area contributed by atoms with Gasteiger partial charge in [0.15, 0.2) is 0 Å².